The highest BCUT2D eigenvalue weighted by Crippen LogP contribution is 2.07. The molecule has 0 atom stereocenters. The van der Waals surface area contributed by atoms with Crippen LogP contribution in [0.4, 0.5) is 4.39 Å². The Kier molecular flexibility index (Phi) is 3.91. The predicted molar refractivity (Wildman–Crippen MR) is 64.0 cm³/mol. The molecule has 0 aromatic heterocycles. The molecule has 2 nitrogen and oxygen atoms in total. The van der Waals surface area contributed by atoms with E-state index < -0.39 is 0 Å². The molecule has 1 N–H and O–H groups in total. The van der Waals surface area contributed by atoms with Crippen LogP contribution < -0.4 is 5.32 Å². The lowest BCUT2D eigenvalue weighted by Crippen LogP contribution is -2.47. The standard InChI is InChI=1S/C13H19FN2/c1-16(10-12-8-15-9-12)6-5-11-3-2-4-13(14)7-11/h2-4,7,12,15H,5-6,8-10H2,1H3. The number of nitrogens with zero attached hydrogens (tertiary/aromatic N) is 1. The number of hydrogen-bond donors (Lipinski definition) is 1. The van der Waals surface area contributed by atoms with E-state index in [2.05, 4.69) is 17.3 Å². The zero-order chi connectivity index (χ0) is 11.4. The fourth-order valence-corrected chi connectivity index (χ4v) is 2.02. The molecule has 1 aliphatic heterocycles. The van der Waals surface area contributed by atoms with Gasteiger partial charge in [0.05, 0.1) is 0 Å². The first-order valence-corrected chi connectivity index (χ1v) is 5.88. The Bertz CT molecular complexity index is 336. The van der Waals surface area contributed by atoms with Gasteiger partial charge in [0, 0.05) is 26.2 Å². The van der Waals surface area contributed by atoms with Crippen LogP contribution in [0, 0.1) is 11.7 Å². The van der Waals surface area contributed by atoms with E-state index >= 15 is 0 Å². The van der Waals surface area contributed by atoms with E-state index in [4.69, 9.17) is 0 Å². The van der Waals surface area contributed by atoms with Crippen LogP contribution in [0.3, 0.4) is 0 Å². The summed E-state index contributed by atoms with van der Waals surface area (Å²) in [5.74, 6) is 0.667. The lowest BCUT2D eigenvalue weighted by Gasteiger charge is -2.31. The van der Waals surface area contributed by atoms with E-state index in [-0.39, 0.29) is 5.82 Å². The Morgan fingerprint density at radius 3 is 2.88 bits per heavy atom. The molecule has 1 aromatic rings. The smallest absolute Gasteiger partial charge is 0.123 e. The second-order valence-electron chi connectivity index (χ2n) is 4.67. The average molecular weight is 222 g/mol. The summed E-state index contributed by atoms with van der Waals surface area (Å²) in [5.41, 5.74) is 1.08. The second-order valence-corrected chi connectivity index (χ2v) is 4.67. The minimum absolute atomic E-state index is 0.136. The van der Waals surface area contributed by atoms with Crippen molar-refractivity contribution < 1.29 is 4.39 Å². The van der Waals surface area contributed by atoms with Gasteiger partial charge in [-0.15, -0.1) is 0 Å². The van der Waals surface area contributed by atoms with Gasteiger partial charge in [-0.2, -0.15) is 0 Å². The van der Waals surface area contributed by atoms with Gasteiger partial charge in [-0.25, -0.2) is 4.39 Å². The molecule has 0 radical (unpaired) electrons. The van der Waals surface area contributed by atoms with Crippen LogP contribution in [-0.2, 0) is 6.42 Å². The highest BCUT2D eigenvalue weighted by atomic mass is 19.1. The average Bonchev–Trinajstić information content (AvgIpc) is 2.21. The third kappa shape index (κ3) is 3.29. The Labute approximate surface area is 96.5 Å². The SMILES string of the molecule is CN(CCc1cccc(F)c1)CC1CNC1. The Morgan fingerprint density at radius 2 is 2.25 bits per heavy atom. The van der Waals surface area contributed by atoms with Crippen molar-refractivity contribution in [2.45, 2.75) is 6.42 Å². The largest absolute Gasteiger partial charge is 0.316 e. The van der Waals surface area contributed by atoms with E-state index in [1.54, 1.807) is 12.1 Å². The summed E-state index contributed by atoms with van der Waals surface area (Å²) < 4.78 is 12.9. The van der Waals surface area contributed by atoms with Crippen molar-refractivity contribution >= 4 is 0 Å². The van der Waals surface area contributed by atoms with Crippen LogP contribution in [0.25, 0.3) is 0 Å². The molecule has 88 valence electrons. The zero-order valence-corrected chi connectivity index (χ0v) is 9.75. The van der Waals surface area contributed by atoms with Crippen LogP contribution in [0.15, 0.2) is 24.3 Å². The van der Waals surface area contributed by atoms with Crippen LogP contribution in [0.2, 0.25) is 0 Å². The molecule has 0 amide bonds. The van der Waals surface area contributed by atoms with Gasteiger partial charge in [-0.05, 0) is 37.1 Å². The van der Waals surface area contributed by atoms with Crippen molar-refractivity contribution in [1.82, 2.24) is 10.2 Å². The molecule has 0 unspecified atom stereocenters. The summed E-state index contributed by atoms with van der Waals surface area (Å²) in [5, 5.41) is 3.27. The lowest BCUT2D eigenvalue weighted by atomic mass is 10.0. The van der Waals surface area contributed by atoms with E-state index in [1.165, 1.54) is 6.07 Å². The molecule has 0 spiro atoms. The van der Waals surface area contributed by atoms with Gasteiger partial charge >= 0.3 is 0 Å². The van der Waals surface area contributed by atoms with Gasteiger partial charge in [0.1, 0.15) is 5.82 Å². The molecule has 16 heavy (non-hydrogen) atoms. The van der Waals surface area contributed by atoms with Gasteiger partial charge < -0.3 is 10.2 Å². The van der Waals surface area contributed by atoms with Crippen molar-refractivity contribution in [3.05, 3.63) is 35.6 Å². The van der Waals surface area contributed by atoms with Crippen LogP contribution in [-0.4, -0.2) is 38.1 Å². The number of benzene rings is 1. The third-order valence-electron chi connectivity index (χ3n) is 3.11. The fraction of sp³-hybridized carbons (Fsp3) is 0.538. The first kappa shape index (κ1) is 11.6. The van der Waals surface area contributed by atoms with Crippen LogP contribution in [0.1, 0.15) is 5.56 Å². The highest BCUT2D eigenvalue weighted by Gasteiger charge is 2.17. The van der Waals surface area contributed by atoms with Gasteiger partial charge in [-0.1, -0.05) is 12.1 Å². The van der Waals surface area contributed by atoms with E-state index in [1.807, 2.05) is 6.07 Å². The van der Waals surface area contributed by atoms with Crippen LogP contribution in [0.5, 0.6) is 0 Å². The topological polar surface area (TPSA) is 15.3 Å². The van der Waals surface area contributed by atoms with Crippen molar-refractivity contribution in [2.24, 2.45) is 5.92 Å². The predicted octanol–water partition coefficient (Wildman–Crippen LogP) is 1.52. The van der Waals surface area contributed by atoms with Crippen molar-refractivity contribution in [2.75, 3.05) is 33.2 Å². The Balaban J connectivity index is 1.73. The second kappa shape index (κ2) is 5.41. The monoisotopic (exact) mass is 222 g/mol. The number of nitrogens with one attached hydrogen (secondary N) is 1. The molecule has 0 aliphatic carbocycles. The molecule has 2 rings (SSSR count). The van der Waals surface area contributed by atoms with Crippen molar-refractivity contribution in [3.63, 3.8) is 0 Å². The zero-order valence-electron chi connectivity index (χ0n) is 9.75. The van der Waals surface area contributed by atoms with Gasteiger partial charge in [0.2, 0.25) is 0 Å². The summed E-state index contributed by atoms with van der Waals surface area (Å²) in [6, 6.07) is 6.88. The van der Waals surface area contributed by atoms with Crippen molar-refractivity contribution in [1.29, 1.82) is 0 Å². The van der Waals surface area contributed by atoms with E-state index in [0.29, 0.717) is 0 Å². The number of rotatable bonds is 5. The lowest BCUT2D eigenvalue weighted by molar-refractivity contribution is 0.226. The minimum Gasteiger partial charge on any atom is -0.316 e. The summed E-state index contributed by atoms with van der Waals surface area (Å²) in [6.45, 7) is 4.43. The minimum atomic E-state index is -0.136. The summed E-state index contributed by atoms with van der Waals surface area (Å²) in [7, 11) is 2.14. The van der Waals surface area contributed by atoms with E-state index in [0.717, 1.165) is 44.1 Å². The van der Waals surface area contributed by atoms with Crippen molar-refractivity contribution in [3.8, 4) is 0 Å². The summed E-state index contributed by atoms with van der Waals surface area (Å²) in [4.78, 5) is 2.33. The molecule has 1 heterocycles. The highest BCUT2D eigenvalue weighted by molar-refractivity contribution is 5.16. The first-order chi connectivity index (χ1) is 7.74. The molecule has 1 aliphatic rings. The Hall–Kier alpha value is -0.930. The quantitative estimate of drug-likeness (QED) is 0.812. The molecule has 1 fully saturated rings. The van der Waals surface area contributed by atoms with Gasteiger partial charge in [0.15, 0.2) is 0 Å². The molecule has 0 bridgehead atoms. The number of hydrogen-bond acceptors (Lipinski definition) is 2. The van der Waals surface area contributed by atoms with E-state index in [9.17, 15) is 4.39 Å². The molecular formula is C13H19FN2. The first-order valence-electron chi connectivity index (χ1n) is 5.88. The number of likely N-dealkylation sites (N-methyl/N-ethyl adjacent to an activating group) is 1. The molecular weight excluding hydrogens is 203 g/mol. The fourth-order valence-electron chi connectivity index (χ4n) is 2.02. The normalized spacial score (nSPS) is 16.4. The molecule has 1 aromatic carbocycles. The number of halogens is 1. The molecule has 0 saturated carbocycles. The summed E-state index contributed by atoms with van der Waals surface area (Å²) in [6.07, 6.45) is 0.925. The maximum atomic E-state index is 12.9. The molecule has 3 heteroatoms. The van der Waals surface area contributed by atoms with Gasteiger partial charge in [0.25, 0.3) is 0 Å². The maximum absolute atomic E-state index is 12.9. The van der Waals surface area contributed by atoms with Gasteiger partial charge in [-0.3, -0.25) is 0 Å². The maximum Gasteiger partial charge on any atom is 0.123 e. The molecule has 1 saturated heterocycles. The van der Waals surface area contributed by atoms with Crippen LogP contribution >= 0.6 is 0 Å². The summed E-state index contributed by atoms with van der Waals surface area (Å²) >= 11 is 0. The third-order valence-corrected chi connectivity index (χ3v) is 3.11. The Morgan fingerprint density at radius 1 is 1.44 bits per heavy atom.